The number of fused-ring (bicyclic) bond motifs is 2. The van der Waals surface area contributed by atoms with Crippen LogP contribution in [-0.2, 0) is 22.5 Å². The smallest absolute Gasteiger partial charge is 0.420 e. The quantitative estimate of drug-likeness (QED) is 0.239. The number of hydrogen-bond donors (Lipinski definition) is 2. The second-order valence-electron chi connectivity index (χ2n) is 11.3. The number of nitrogens with one attached hydrogen (secondary N) is 2. The minimum absolute atomic E-state index is 0.0559. The van der Waals surface area contributed by atoms with E-state index >= 15 is 0 Å². The molecule has 0 aromatic carbocycles. The fraction of sp³-hybridized carbons (Fsp3) is 0.300. The van der Waals surface area contributed by atoms with Crippen molar-refractivity contribution in [2.45, 2.75) is 58.1 Å². The number of pyridine rings is 3. The molecule has 41 heavy (non-hydrogen) atoms. The molecule has 0 unspecified atom stereocenters. The van der Waals surface area contributed by atoms with Gasteiger partial charge in [0, 0.05) is 48.1 Å². The Morgan fingerprint density at radius 3 is 2.71 bits per heavy atom. The van der Waals surface area contributed by atoms with Crippen molar-refractivity contribution < 1.29 is 14.3 Å². The third-order valence-electron chi connectivity index (χ3n) is 6.68. The van der Waals surface area contributed by atoms with Gasteiger partial charge < -0.3 is 19.8 Å². The summed E-state index contributed by atoms with van der Waals surface area (Å²) in [6.45, 7) is 5.89. The molecule has 11 heteroatoms. The van der Waals surface area contributed by atoms with Gasteiger partial charge in [0.15, 0.2) is 5.65 Å². The average Bonchev–Trinajstić information content (AvgIpc) is 3.60. The predicted octanol–water partition coefficient (Wildman–Crippen LogP) is 6.19. The van der Waals surface area contributed by atoms with E-state index in [4.69, 9.17) is 21.3 Å². The molecule has 1 aliphatic rings. The molecule has 5 aromatic rings. The van der Waals surface area contributed by atoms with Crippen LogP contribution in [0.25, 0.3) is 16.7 Å². The summed E-state index contributed by atoms with van der Waals surface area (Å²) < 4.78 is 8.78. The first kappa shape index (κ1) is 26.8. The van der Waals surface area contributed by atoms with E-state index in [1.54, 1.807) is 45.3 Å². The van der Waals surface area contributed by atoms with Crippen molar-refractivity contribution in [3.63, 3.8) is 0 Å². The van der Waals surface area contributed by atoms with E-state index in [1.165, 1.54) is 29.2 Å². The number of carbonyl (C=O) groups is 2. The number of aromatic nitrogens is 5. The first-order valence-corrected chi connectivity index (χ1v) is 13.9. The number of hydrogen-bond acceptors (Lipinski definition) is 7. The van der Waals surface area contributed by atoms with Crippen LogP contribution in [0.2, 0.25) is 5.02 Å². The van der Waals surface area contributed by atoms with Crippen LogP contribution in [0.5, 0.6) is 0 Å². The highest BCUT2D eigenvalue weighted by Gasteiger charge is 2.24. The van der Waals surface area contributed by atoms with Crippen LogP contribution < -0.4 is 10.6 Å². The van der Waals surface area contributed by atoms with E-state index in [2.05, 4.69) is 43.3 Å². The van der Waals surface area contributed by atoms with Crippen molar-refractivity contribution in [3.8, 4) is 0 Å². The Hall–Kier alpha value is -4.44. The van der Waals surface area contributed by atoms with Gasteiger partial charge in [-0.1, -0.05) is 17.7 Å². The lowest BCUT2D eigenvalue weighted by molar-refractivity contribution is -0.115. The number of nitrogens with zero attached hydrogens (tertiary/aromatic N) is 5. The van der Waals surface area contributed by atoms with Gasteiger partial charge in [-0.05, 0) is 68.9 Å². The van der Waals surface area contributed by atoms with E-state index in [-0.39, 0.29) is 12.3 Å². The number of ether oxygens (including phenoxy) is 1. The molecule has 210 valence electrons. The third kappa shape index (κ3) is 6.17. The van der Waals surface area contributed by atoms with Crippen LogP contribution >= 0.6 is 11.6 Å². The number of imidazole rings is 1. The summed E-state index contributed by atoms with van der Waals surface area (Å²) >= 11 is 6.38. The fourth-order valence-electron chi connectivity index (χ4n) is 4.64. The molecule has 6 rings (SSSR count). The van der Waals surface area contributed by atoms with Crippen LogP contribution in [0.15, 0.2) is 61.3 Å². The molecule has 0 saturated heterocycles. The summed E-state index contributed by atoms with van der Waals surface area (Å²) in [4.78, 5) is 38.7. The number of halogens is 1. The Labute approximate surface area is 241 Å². The zero-order valence-electron chi connectivity index (χ0n) is 23.0. The van der Waals surface area contributed by atoms with Gasteiger partial charge in [-0.25, -0.2) is 24.3 Å². The summed E-state index contributed by atoms with van der Waals surface area (Å²) in [7, 11) is 0. The first-order chi connectivity index (χ1) is 19.6. The molecule has 10 nitrogen and oxygen atoms in total. The third-order valence-corrected chi connectivity index (χ3v) is 6.98. The molecule has 2 N–H and O–H groups in total. The van der Waals surface area contributed by atoms with Crippen molar-refractivity contribution >= 4 is 51.8 Å². The maximum atomic E-state index is 12.8. The first-order valence-electron chi connectivity index (χ1n) is 13.5. The highest BCUT2D eigenvalue weighted by molar-refractivity contribution is 6.35. The van der Waals surface area contributed by atoms with Gasteiger partial charge in [0.1, 0.15) is 17.1 Å². The second-order valence-corrected chi connectivity index (χ2v) is 11.7. The van der Waals surface area contributed by atoms with Crippen LogP contribution in [0, 0.1) is 0 Å². The predicted molar refractivity (Wildman–Crippen MR) is 157 cm³/mol. The lowest BCUT2D eigenvalue weighted by Gasteiger charge is -2.19. The van der Waals surface area contributed by atoms with Crippen molar-refractivity contribution in [2.75, 3.05) is 10.6 Å². The molecule has 5 heterocycles. The van der Waals surface area contributed by atoms with E-state index in [9.17, 15) is 9.59 Å². The van der Waals surface area contributed by atoms with Crippen LogP contribution in [-0.4, -0.2) is 41.5 Å². The van der Waals surface area contributed by atoms with Gasteiger partial charge in [0.05, 0.1) is 23.7 Å². The van der Waals surface area contributed by atoms with E-state index in [1.807, 2.05) is 12.3 Å². The molecule has 1 amide bonds. The van der Waals surface area contributed by atoms with Gasteiger partial charge >= 0.3 is 6.09 Å². The van der Waals surface area contributed by atoms with Crippen molar-refractivity contribution in [1.82, 2.24) is 23.9 Å². The summed E-state index contributed by atoms with van der Waals surface area (Å²) in [6, 6.07) is 9.59. The lowest BCUT2D eigenvalue weighted by Crippen LogP contribution is -2.26. The average molecular weight is 572 g/mol. The van der Waals surface area contributed by atoms with E-state index in [0.717, 1.165) is 17.0 Å². The summed E-state index contributed by atoms with van der Waals surface area (Å²) in [6.07, 6.45) is 10.9. The Balaban J connectivity index is 1.08. The van der Waals surface area contributed by atoms with Gasteiger partial charge in [-0.3, -0.25) is 4.79 Å². The standard InChI is InChI=1S/C30H30ClN7O3/c1-30(2,3)41-29(40)38-17-24(31)23-10-18(13-34-28(23)38)11-27(39)36-25-12-21(8-9-32-25)33-14-22-16-37-15-20(19-4-5-19)6-7-26(37)35-22/h6-10,12-13,15-17,19H,4-5,11,14H2,1-3H3,(H2,32,33,36,39). The van der Waals surface area contributed by atoms with E-state index in [0.29, 0.717) is 39.9 Å². The Morgan fingerprint density at radius 1 is 1.10 bits per heavy atom. The minimum Gasteiger partial charge on any atom is -0.443 e. The molecule has 0 aliphatic heterocycles. The van der Waals surface area contributed by atoms with Crippen molar-refractivity contribution in [2.24, 2.45) is 0 Å². The van der Waals surface area contributed by atoms with Crippen molar-refractivity contribution in [1.29, 1.82) is 0 Å². The molecule has 1 aliphatic carbocycles. The van der Waals surface area contributed by atoms with Crippen LogP contribution in [0.1, 0.15) is 56.4 Å². The summed E-state index contributed by atoms with van der Waals surface area (Å²) in [5.74, 6) is 0.856. The Kier molecular flexibility index (Phi) is 6.86. The molecule has 0 spiro atoms. The summed E-state index contributed by atoms with van der Waals surface area (Å²) in [5.41, 5.74) is 4.36. The monoisotopic (exact) mass is 571 g/mol. The maximum Gasteiger partial charge on any atom is 0.420 e. The number of anilines is 2. The van der Waals surface area contributed by atoms with Gasteiger partial charge in [-0.2, -0.15) is 0 Å². The molecule has 1 fully saturated rings. The van der Waals surface area contributed by atoms with Gasteiger partial charge in [0.2, 0.25) is 5.91 Å². The molecule has 1 saturated carbocycles. The zero-order chi connectivity index (χ0) is 28.7. The van der Waals surface area contributed by atoms with Crippen LogP contribution in [0.3, 0.4) is 0 Å². The van der Waals surface area contributed by atoms with E-state index < -0.39 is 11.7 Å². The van der Waals surface area contributed by atoms with Gasteiger partial charge in [-0.15, -0.1) is 0 Å². The Bertz CT molecular complexity index is 1780. The van der Waals surface area contributed by atoms with Crippen molar-refractivity contribution in [3.05, 3.63) is 83.2 Å². The highest BCUT2D eigenvalue weighted by Crippen LogP contribution is 2.39. The normalized spacial score (nSPS) is 13.5. The molecule has 0 radical (unpaired) electrons. The SMILES string of the molecule is CC(C)(C)OC(=O)n1cc(Cl)c2cc(CC(=O)Nc3cc(NCc4cn5cc(C6CC6)ccc5n4)ccn3)cnc21. The fourth-order valence-corrected chi connectivity index (χ4v) is 4.87. The number of carbonyl (C=O) groups excluding carboxylic acids is 2. The summed E-state index contributed by atoms with van der Waals surface area (Å²) in [5, 5.41) is 7.09. The molecular formula is C30H30ClN7O3. The van der Waals surface area contributed by atoms with Crippen LogP contribution in [0.4, 0.5) is 16.3 Å². The molecule has 5 aromatic heterocycles. The molecular weight excluding hydrogens is 542 g/mol. The molecule has 0 atom stereocenters. The maximum absolute atomic E-state index is 12.8. The highest BCUT2D eigenvalue weighted by atomic mass is 35.5. The lowest BCUT2D eigenvalue weighted by atomic mass is 10.1. The molecule has 0 bridgehead atoms. The largest absolute Gasteiger partial charge is 0.443 e. The number of amides is 1. The number of rotatable bonds is 7. The topological polar surface area (TPSA) is 115 Å². The minimum atomic E-state index is -0.660. The zero-order valence-corrected chi connectivity index (χ0v) is 23.8. The van der Waals surface area contributed by atoms with Gasteiger partial charge in [0.25, 0.3) is 0 Å². The Morgan fingerprint density at radius 2 is 1.93 bits per heavy atom. The second kappa shape index (κ2) is 10.5.